The second-order valence-corrected chi connectivity index (χ2v) is 13.6. The molecule has 0 radical (unpaired) electrons. The fraction of sp³-hybridized carbons (Fsp3) is 0.102. The van der Waals surface area contributed by atoms with Gasteiger partial charge in [-0.15, -0.1) is 0 Å². The molecular weight excluding hydrogens is 617 g/mol. The number of allylic oxidation sites excluding steroid dienone is 12. The lowest BCUT2D eigenvalue weighted by atomic mass is 9.91. The normalized spacial score (nSPS) is 19.8. The monoisotopic (exact) mass is 656 g/mol. The molecule has 3 aliphatic rings. The molecule has 3 atom stereocenters. The molecule has 5 aromatic carbocycles. The lowest BCUT2D eigenvalue weighted by Gasteiger charge is -2.29. The summed E-state index contributed by atoms with van der Waals surface area (Å²) in [4.78, 5) is 2.49. The Morgan fingerprint density at radius 1 is 0.686 bits per heavy atom. The molecule has 2 heterocycles. The van der Waals surface area contributed by atoms with Crippen molar-refractivity contribution < 1.29 is 0 Å². The number of para-hydroxylation sites is 3. The highest BCUT2D eigenvalue weighted by Crippen LogP contribution is 2.47. The van der Waals surface area contributed by atoms with Crippen molar-refractivity contribution in [1.29, 1.82) is 0 Å². The summed E-state index contributed by atoms with van der Waals surface area (Å²) in [6.07, 6.45) is 28.1. The predicted octanol–water partition coefficient (Wildman–Crippen LogP) is 12.7. The van der Waals surface area contributed by atoms with Gasteiger partial charge in [-0.05, 0) is 89.6 Å². The molecule has 1 aliphatic heterocycles. The van der Waals surface area contributed by atoms with Gasteiger partial charge in [0.2, 0.25) is 0 Å². The molecule has 6 aromatic rings. The van der Waals surface area contributed by atoms with Crippen LogP contribution in [0.2, 0.25) is 0 Å². The van der Waals surface area contributed by atoms with E-state index in [-0.39, 0.29) is 0 Å². The Balaban J connectivity index is 0.891. The van der Waals surface area contributed by atoms with Crippen molar-refractivity contribution in [3.63, 3.8) is 0 Å². The molecule has 3 unspecified atom stereocenters. The summed E-state index contributed by atoms with van der Waals surface area (Å²) in [5, 5.41) is 2.57. The number of anilines is 2. The highest BCUT2D eigenvalue weighted by Gasteiger charge is 2.36. The number of hydrogen-bond acceptors (Lipinski definition) is 1. The number of benzene rings is 5. The zero-order valence-corrected chi connectivity index (χ0v) is 28.8. The van der Waals surface area contributed by atoms with E-state index in [4.69, 9.17) is 0 Å². The summed E-state index contributed by atoms with van der Waals surface area (Å²) in [5.74, 6) is 0.777. The minimum atomic E-state index is 0.326. The summed E-state index contributed by atoms with van der Waals surface area (Å²) >= 11 is 0. The van der Waals surface area contributed by atoms with Crippen molar-refractivity contribution in [2.75, 3.05) is 4.90 Å². The van der Waals surface area contributed by atoms with Crippen LogP contribution in [0.5, 0.6) is 0 Å². The van der Waals surface area contributed by atoms with Crippen molar-refractivity contribution >= 4 is 44.3 Å². The molecule has 2 heteroatoms. The van der Waals surface area contributed by atoms with Gasteiger partial charge < -0.3 is 9.47 Å². The lowest BCUT2D eigenvalue weighted by Crippen LogP contribution is -2.28. The first-order chi connectivity index (χ1) is 25.3. The van der Waals surface area contributed by atoms with Gasteiger partial charge >= 0.3 is 0 Å². The average Bonchev–Trinajstić information content (AvgIpc) is 3.71. The predicted molar refractivity (Wildman–Crippen MR) is 218 cm³/mol. The third-order valence-electron chi connectivity index (χ3n) is 10.6. The second-order valence-electron chi connectivity index (χ2n) is 13.6. The standard InChI is InChI=1S/C49H40N2/c1-2-12-36(38-27-31-40(32-28-38)50-46-19-7-3-15-42(46)43-16-4-8-20-47(43)50)14-11-13-35-23-25-37(26-24-35)39-29-33-41(34-30-39)51-48-21-9-5-17-44(48)45-18-6-10-22-49(45)51/h2-23,25-35,44,48H,24H2,1H3/b12-2+,13-11-,36-14+. The summed E-state index contributed by atoms with van der Waals surface area (Å²) in [6, 6.07) is 44.6. The van der Waals surface area contributed by atoms with Gasteiger partial charge in [0.15, 0.2) is 0 Å². The Morgan fingerprint density at radius 2 is 1.37 bits per heavy atom. The van der Waals surface area contributed by atoms with E-state index in [1.165, 1.54) is 66.7 Å². The first kappa shape index (κ1) is 30.9. The Labute approximate surface area is 300 Å². The maximum Gasteiger partial charge on any atom is 0.0629 e. The largest absolute Gasteiger partial charge is 0.333 e. The van der Waals surface area contributed by atoms with Gasteiger partial charge in [-0.2, -0.15) is 0 Å². The minimum absolute atomic E-state index is 0.326. The average molecular weight is 657 g/mol. The molecule has 9 rings (SSSR count). The maximum atomic E-state index is 2.49. The number of hydrogen-bond donors (Lipinski definition) is 0. The molecule has 0 N–H and O–H groups in total. The topological polar surface area (TPSA) is 8.17 Å². The molecule has 2 aliphatic carbocycles. The van der Waals surface area contributed by atoms with Crippen LogP contribution in [0.15, 0.2) is 194 Å². The Bertz CT molecular complexity index is 2410. The van der Waals surface area contributed by atoms with Crippen LogP contribution in [0.4, 0.5) is 11.4 Å². The first-order valence-electron chi connectivity index (χ1n) is 18.1. The van der Waals surface area contributed by atoms with Gasteiger partial charge in [0.05, 0.1) is 17.1 Å². The second kappa shape index (κ2) is 13.3. The molecule has 51 heavy (non-hydrogen) atoms. The maximum absolute atomic E-state index is 2.49. The first-order valence-corrected chi connectivity index (χ1v) is 18.1. The summed E-state index contributed by atoms with van der Waals surface area (Å²) in [6.45, 7) is 2.08. The zero-order chi connectivity index (χ0) is 34.1. The van der Waals surface area contributed by atoms with Gasteiger partial charge in [0, 0.05) is 33.8 Å². The molecule has 0 amide bonds. The van der Waals surface area contributed by atoms with Crippen LogP contribution in [0, 0.1) is 5.92 Å². The van der Waals surface area contributed by atoms with E-state index in [1.54, 1.807) is 0 Å². The Morgan fingerprint density at radius 3 is 2.10 bits per heavy atom. The van der Waals surface area contributed by atoms with Crippen molar-refractivity contribution in [1.82, 2.24) is 4.57 Å². The molecule has 0 spiro atoms. The third kappa shape index (κ3) is 5.63. The number of rotatable bonds is 7. The van der Waals surface area contributed by atoms with E-state index in [2.05, 4.69) is 211 Å². The SMILES string of the molecule is C/C=C/C(=C\C=C/C1C=CC(c2ccc(N3c4ccccc4C4C=CC=CC43)cc2)=CC1)c1ccc(-n2c3ccccc3c3ccccc32)cc1. The van der Waals surface area contributed by atoms with Gasteiger partial charge in [0.1, 0.15) is 0 Å². The highest BCUT2D eigenvalue weighted by atomic mass is 15.2. The fourth-order valence-corrected chi connectivity index (χ4v) is 8.13. The van der Waals surface area contributed by atoms with Crippen LogP contribution in [-0.2, 0) is 0 Å². The van der Waals surface area contributed by atoms with E-state index in [0.29, 0.717) is 17.9 Å². The van der Waals surface area contributed by atoms with Crippen LogP contribution in [0.3, 0.4) is 0 Å². The van der Waals surface area contributed by atoms with Gasteiger partial charge in [-0.3, -0.25) is 0 Å². The number of aromatic nitrogens is 1. The van der Waals surface area contributed by atoms with Crippen molar-refractivity contribution in [2.45, 2.75) is 25.3 Å². The molecule has 2 nitrogen and oxygen atoms in total. The van der Waals surface area contributed by atoms with Crippen LogP contribution >= 0.6 is 0 Å². The quantitative estimate of drug-likeness (QED) is 0.155. The van der Waals surface area contributed by atoms with E-state index in [0.717, 1.165) is 6.42 Å². The summed E-state index contributed by atoms with van der Waals surface area (Å²) < 4.78 is 2.37. The van der Waals surface area contributed by atoms with Crippen LogP contribution < -0.4 is 4.90 Å². The summed E-state index contributed by atoms with van der Waals surface area (Å²) in [7, 11) is 0. The van der Waals surface area contributed by atoms with E-state index in [9.17, 15) is 0 Å². The van der Waals surface area contributed by atoms with Crippen molar-refractivity contribution in [3.05, 3.63) is 211 Å². The lowest BCUT2D eigenvalue weighted by molar-refractivity contribution is 0.745. The Kier molecular flexibility index (Phi) is 8.06. The van der Waals surface area contributed by atoms with E-state index >= 15 is 0 Å². The van der Waals surface area contributed by atoms with E-state index in [1.807, 2.05) is 0 Å². The van der Waals surface area contributed by atoms with E-state index < -0.39 is 0 Å². The van der Waals surface area contributed by atoms with Crippen molar-refractivity contribution in [2.24, 2.45) is 5.92 Å². The van der Waals surface area contributed by atoms with Gasteiger partial charge in [-0.25, -0.2) is 0 Å². The van der Waals surface area contributed by atoms with Crippen LogP contribution in [0.25, 0.3) is 38.6 Å². The molecule has 0 bridgehead atoms. The molecule has 0 saturated heterocycles. The van der Waals surface area contributed by atoms with Crippen LogP contribution in [-0.4, -0.2) is 10.6 Å². The molecule has 0 fully saturated rings. The number of fused-ring (bicyclic) bond motifs is 6. The molecule has 246 valence electrons. The van der Waals surface area contributed by atoms with Crippen molar-refractivity contribution in [3.8, 4) is 5.69 Å². The molecule has 1 aromatic heterocycles. The smallest absolute Gasteiger partial charge is 0.0629 e. The minimum Gasteiger partial charge on any atom is -0.333 e. The van der Waals surface area contributed by atoms with Crippen LogP contribution in [0.1, 0.15) is 36.0 Å². The Hall–Kier alpha value is -6.12. The molecular formula is C49H40N2. The third-order valence-corrected chi connectivity index (χ3v) is 10.6. The van der Waals surface area contributed by atoms with Gasteiger partial charge in [-0.1, -0.05) is 152 Å². The molecule has 0 saturated carbocycles. The zero-order valence-electron chi connectivity index (χ0n) is 28.8. The number of nitrogens with zero attached hydrogens (tertiary/aromatic N) is 2. The fourth-order valence-electron chi connectivity index (χ4n) is 8.13. The van der Waals surface area contributed by atoms with Gasteiger partial charge in [0.25, 0.3) is 0 Å². The highest BCUT2D eigenvalue weighted by molar-refractivity contribution is 6.09. The summed E-state index contributed by atoms with van der Waals surface area (Å²) in [5.41, 5.74) is 12.6.